The van der Waals surface area contributed by atoms with Gasteiger partial charge in [0.15, 0.2) is 0 Å². The predicted molar refractivity (Wildman–Crippen MR) is 68.8 cm³/mol. The lowest BCUT2D eigenvalue weighted by Crippen LogP contribution is -2.36. The molecule has 104 valence electrons. The minimum atomic E-state index is -0.303. The number of nitrogens with one attached hydrogen (secondary N) is 1. The van der Waals surface area contributed by atoms with Gasteiger partial charge in [0, 0.05) is 13.0 Å². The molecule has 0 fully saturated rings. The molecular weight excluding hydrogens is 270 g/mol. The number of halogens is 1. The Labute approximate surface area is 116 Å². The summed E-state index contributed by atoms with van der Waals surface area (Å²) in [6, 6.07) is 0. The first-order valence-electron chi connectivity index (χ1n) is 6.20. The van der Waals surface area contributed by atoms with E-state index in [0.29, 0.717) is 31.9 Å². The van der Waals surface area contributed by atoms with Gasteiger partial charge in [-0.25, -0.2) is 4.98 Å². The van der Waals surface area contributed by atoms with E-state index in [1.165, 1.54) is 0 Å². The summed E-state index contributed by atoms with van der Waals surface area (Å²) in [6.07, 6.45) is 0.807. The number of aromatic amines is 1. The highest BCUT2D eigenvalue weighted by molar-refractivity contribution is 6.27. The second-order valence-electron chi connectivity index (χ2n) is 4.29. The first-order valence-corrected chi connectivity index (χ1v) is 6.73. The molecule has 0 atom stereocenters. The molecule has 1 N–H and O–H groups in total. The lowest BCUT2D eigenvalue weighted by atomic mass is 10.1. The number of nitrogens with zero attached hydrogens (tertiary/aromatic N) is 2. The Hall–Kier alpha value is -1.56. The van der Waals surface area contributed by atoms with Crippen molar-refractivity contribution in [3.05, 3.63) is 17.2 Å². The Kier molecular flexibility index (Phi) is 4.42. The molecular formula is C12H16ClN3O3. The van der Waals surface area contributed by atoms with E-state index in [-0.39, 0.29) is 24.2 Å². The molecule has 2 rings (SSSR count). The molecule has 1 aliphatic heterocycles. The Morgan fingerprint density at radius 3 is 3.00 bits per heavy atom. The molecule has 0 saturated heterocycles. The van der Waals surface area contributed by atoms with Crippen LogP contribution in [0.4, 0.5) is 0 Å². The standard InChI is InChI=1S/C12H16ClN3O3/c1-2-19-12(18)5-10-14-8-3-4-16(11(17)6-13)7-9(8)15-10/h2-7H2,1H3,(H,14,15). The van der Waals surface area contributed by atoms with Crippen molar-refractivity contribution in [2.75, 3.05) is 19.0 Å². The number of hydrogen-bond acceptors (Lipinski definition) is 4. The maximum atomic E-state index is 11.5. The number of carbonyl (C=O) groups is 2. The third kappa shape index (κ3) is 3.26. The maximum Gasteiger partial charge on any atom is 0.313 e. The number of ether oxygens (including phenoxy) is 1. The van der Waals surface area contributed by atoms with Gasteiger partial charge in [0.1, 0.15) is 18.1 Å². The van der Waals surface area contributed by atoms with E-state index in [2.05, 4.69) is 9.97 Å². The second kappa shape index (κ2) is 6.06. The number of amides is 1. The zero-order valence-corrected chi connectivity index (χ0v) is 11.5. The molecule has 0 bridgehead atoms. The average Bonchev–Trinajstić information content (AvgIpc) is 2.78. The maximum absolute atomic E-state index is 11.5. The van der Waals surface area contributed by atoms with E-state index >= 15 is 0 Å². The van der Waals surface area contributed by atoms with Gasteiger partial charge in [-0.15, -0.1) is 11.6 Å². The van der Waals surface area contributed by atoms with Crippen molar-refractivity contribution in [2.45, 2.75) is 26.3 Å². The zero-order valence-electron chi connectivity index (χ0n) is 10.7. The summed E-state index contributed by atoms with van der Waals surface area (Å²) in [5.74, 6) is 0.180. The van der Waals surface area contributed by atoms with Gasteiger partial charge in [-0.3, -0.25) is 9.59 Å². The van der Waals surface area contributed by atoms with E-state index in [9.17, 15) is 9.59 Å². The van der Waals surface area contributed by atoms with Gasteiger partial charge in [0.05, 0.1) is 24.5 Å². The predicted octanol–water partition coefficient (Wildman–Crippen LogP) is 0.639. The van der Waals surface area contributed by atoms with Gasteiger partial charge in [-0.1, -0.05) is 0 Å². The molecule has 6 nitrogen and oxygen atoms in total. The van der Waals surface area contributed by atoms with Gasteiger partial charge in [-0.05, 0) is 6.92 Å². The monoisotopic (exact) mass is 285 g/mol. The summed E-state index contributed by atoms with van der Waals surface area (Å²) in [7, 11) is 0. The molecule has 0 saturated carbocycles. The van der Waals surface area contributed by atoms with Gasteiger partial charge in [0.2, 0.25) is 5.91 Å². The van der Waals surface area contributed by atoms with Gasteiger partial charge in [-0.2, -0.15) is 0 Å². The van der Waals surface area contributed by atoms with Crippen LogP contribution in [0.15, 0.2) is 0 Å². The highest BCUT2D eigenvalue weighted by Gasteiger charge is 2.23. The van der Waals surface area contributed by atoms with E-state index in [1.54, 1.807) is 11.8 Å². The summed E-state index contributed by atoms with van der Waals surface area (Å²) in [4.78, 5) is 32.0. The van der Waals surface area contributed by atoms with Crippen molar-refractivity contribution in [3.63, 3.8) is 0 Å². The minimum Gasteiger partial charge on any atom is -0.466 e. The molecule has 1 aliphatic rings. The number of fused-ring (bicyclic) bond motifs is 1. The minimum absolute atomic E-state index is 0.0147. The third-order valence-electron chi connectivity index (χ3n) is 2.97. The van der Waals surface area contributed by atoms with Crippen LogP contribution in [0.25, 0.3) is 0 Å². The summed E-state index contributed by atoms with van der Waals surface area (Å²) in [5.41, 5.74) is 1.79. The largest absolute Gasteiger partial charge is 0.466 e. The summed E-state index contributed by atoms with van der Waals surface area (Å²) in [6.45, 7) is 3.21. The van der Waals surface area contributed by atoms with Crippen molar-refractivity contribution >= 4 is 23.5 Å². The Morgan fingerprint density at radius 1 is 1.53 bits per heavy atom. The molecule has 0 spiro atoms. The molecule has 1 aromatic rings. The molecule has 7 heteroatoms. The quantitative estimate of drug-likeness (QED) is 0.651. The fourth-order valence-corrected chi connectivity index (χ4v) is 2.25. The Morgan fingerprint density at radius 2 is 2.32 bits per heavy atom. The van der Waals surface area contributed by atoms with Crippen LogP contribution in [0.3, 0.4) is 0 Å². The van der Waals surface area contributed by atoms with Crippen molar-refractivity contribution < 1.29 is 14.3 Å². The van der Waals surface area contributed by atoms with E-state index in [4.69, 9.17) is 16.3 Å². The van der Waals surface area contributed by atoms with Crippen LogP contribution in [0.1, 0.15) is 24.1 Å². The van der Waals surface area contributed by atoms with Crippen LogP contribution in [0, 0.1) is 0 Å². The zero-order chi connectivity index (χ0) is 13.8. The molecule has 1 amide bonds. The normalized spacial score (nSPS) is 14.1. The molecule has 2 heterocycles. The number of esters is 1. The van der Waals surface area contributed by atoms with E-state index in [0.717, 1.165) is 11.4 Å². The molecule has 0 radical (unpaired) electrons. The number of aromatic nitrogens is 2. The van der Waals surface area contributed by atoms with Crippen LogP contribution in [-0.2, 0) is 33.7 Å². The lowest BCUT2D eigenvalue weighted by Gasteiger charge is -2.25. The summed E-state index contributed by atoms with van der Waals surface area (Å²) in [5, 5.41) is 0. The fraction of sp³-hybridized carbons (Fsp3) is 0.583. The molecule has 1 aromatic heterocycles. The highest BCUT2D eigenvalue weighted by atomic mass is 35.5. The molecule has 0 unspecified atom stereocenters. The van der Waals surface area contributed by atoms with Crippen LogP contribution in [-0.4, -0.2) is 45.8 Å². The summed E-state index contributed by atoms with van der Waals surface area (Å²) >= 11 is 5.54. The number of carbonyl (C=O) groups excluding carboxylic acids is 2. The Balaban J connectivity index is 2.04. The van der Waals surface area contributed by atoms with Crippen molar-refractivity contribution in [3.8, 4) is 0 Å². The number of rotatable bonds is 4. The Bertz CT molecular complexity index is 487. The highest BCUT2D eigenvalue weighted by Crippen LogP contribution is 2.17. The van der Waals surface area contributed by atoms with Crippen LogP contribution < -0.4 is 0 Å². The van der Waals surface area contributed by atoms with Crippen LogP contribution in [0.5, 0.6) is 0 Å². The van der Waals surface area contributed by atoms with Crippen molar-refractivity contribution in [1.82, 2.24) is 14.9 Å². The van der Waals surface area contributed by atoms with Crippen LogP contribution in [0.2, 0.25) is 0 Å². The lowest BCUT2D eigenvalue weighted by molar-refractivity contribution is -0.142. The van der Waals surface area contributed by atoms with Crippen molar-refractivity contribution in [1.29, 1.82) is 0 Å². The first-order chi connectivity index (χ1) is 9.13. The smallest absolute Gasteiger partial charge is 0.313 e. The van der Waals surface area contributed by atoms with Crippen LogP contribution >= 0.6 is 11.6 Å². The van der Waals surface area contributed by atoms with Crippen molar-refractivity contribution in [2.24, 2.45) is 0 Å². The molecule has 19 heavy (non-hydrogen) atoms. The third-order valence-corrected chi connectivity index (χ3v) is 3.19. The number of hydrogen-bond donors (Lipinski definition) is 1. The number of alkyl halides is 1. The molecule has 0 aromatic carbocycles. The fourth-order valence-electron chi connectivity index (χ4n) is 2.08. The summed E-state index contributed by atoms with van der Waals surface area (Å²) < 4.78 is 4.87. The number of imidazole rings is 1. The van der Waals surface area contributed by atoms with E-state index < -0.39 is 0 Å². The van der Waals surface area contributed by atoms with Gasteiger partial charge in [0.25, 0.3) is 0 Å². The number of H-pyrrole nitrogens is 1. The SMILES string of the molecule is CCOC(=O)Cc1nc2c([nH]1)CN(C(=O)CCl)CC2. The topological polar surface area (TPSA) is 75.3 Å². The van der Waals surface area contributed by atoms with Gasteiger partial charge < -0.3 is 14.6 Å². The average molecular weight is 286 g/mol. The van der Waals surface area contributed by atoms with Gasteiger partial charge >= 0.3 is 5.97 Å². The van der Waals surface area contributed by atoms with E-state index in [1.807, 2.05) is 0 Å². The second-order valence-corrected chi connectivity index (χ2v) is 4.56. The molecule has 0 aliphatic carbocycles. The first kappa shape index (κ1) is 13.9.